The molecule has 0 fully saturated rings. The average Bonchev–Trinajstić information content (AvgIpc) is 2.78. The third-order valence-electron chi connectivity index (χ3n) is 3.24. The molecule has 18 heavy (non-hydrogen) atoms. The Hall–Kier alpha value is -1.78. The molecule has 0 aliphatic carbocycles. The quantitative estimate of drug-likeness (QED) is 0.840. The number of carbonyl (C=O) groups excluding carboxylic acids is 1. The van der Waals surface area contributed by atoms with Gasteiger partial charge in [0, 0.05) is 19.3 Å². The van der Waals surface area contributed by atoms with E-state index in [0.717, 1.165) is 12.8 Å². The summed E-state index contributed by atoms with van der Waals surface area (Å²) in [5.74, 6) is -1.08. The van der Waals surface area contributed by atoms with Gasteiger partial charge in [0.05, 0.1) is 0 Å². The van der Waals surface area contributed by atoms with Crippen molar-refractivity contribution in [3.63, 3.8) is 0 Å². The first kappa shape index (κ1) is 14.3. The highest BCUT2D eigenvalue weighted by Crippen LogP contribution is 2.09. The van der Waals surface area contributed by atoms with Crippen molar-refractivity contribution in [2.75, 3.05) is 7.05 Å². The fourth-order valence-corrected chi connectivity index (χ4v) is 2.04. The first-order chi connectivity index (χ1) is 8.51. The van der Waals surface area contributed by atoms with Crippen LogP contribution in [0.3, 0.4) is 0 Å². The van der Waals surface area contributed by atoms with Gasteiger partial charge in [-0.2, -0.15) is 0 Å². The number of carbonyl (C=O) groups is 2. The third-order valence-corrected chi connectivity index (χ3v) is 3.24. The number of hydrogen-bond acceptors (Lipinski definition) is 2. The lowest BCUT2D eigenvalue weighted by Gasteiger charge is -2.26. The van der Waals surface area contributed by atoms with Crippen molar-refractivity contribution in [1.29, 1.82) is 0 Å². The van der Waals surface area contributed by atoms with Gasteiger partial charge in [-0.1, -0.05) is 13.8 Å². The normalized spacial score (nSPS) is 10.7. The van der Waals surface area contributed by atoms with Crippen LogP contribution in [-0.4, -0.2) is 39.5 Å². The van der Waals surface area contributed by atoms with Crippen LogP contribution in [0.15, 0.2) is 18.3 Å². The Morgan fingerprint density at radius 2 is 2.00 bits per heavy atom. The highest BCUT2D eigenvalue weighted by Gasteiger charge is 2.18. The summed E-state index contributed by atoms with van der Waals surface area (Å²) < 4.78 is 1.46. The maximum absolute atomic E-state index is 12.1. The van der Waals surface area contributed by atoms with Gasteiger partial charge < -0.3 is 14.6 Å². The van der Waals surface area contributed by atoms with E-state index in [-0.39, 0.29) is 24.2 Å². The second-order valence-electron chi connectivity index (χ2n) is 4.30. The minimum Gasteiger partial charge on any atom is -0.477 e. The van der Waals surface area contributed by atoms with E-state index in [9.17, 15) is 9.59 Å². The molecular weight excluding hydrogens is 232 g/mol. The summed E-state index contributed by atoms with van der Waals surface area (Å²) >= 11 is 0. The Morgan fingerprint density at radius 1 is 1.39 bits per heavy atom. The molecule has 1 amide bonds. The van der Waals surface area contributed by atoms with E-state index in [2.05, 4.69) is 0 Å². The van der Waals surface area contributed by atoms with Gasteiger partial charge in [0.2, 0.25) is 5.91 Å². The maximum atomic E-state index is 12.1. The zero-order chi connectivity index (χ0) is 13.7. The predicted molar refractivity (Wildman–Crippen MR) is 68.5 cm³/mol. The lowest BCUT2D eigenvalue weighted by molar-refractivity contribution is -0.132. The molecule has 5 nitrogen and oxygen atoms in total. The van der Waals surface area contributed by atoms with Crippen molar-refractivity contribution in [3.8, 4) is 0 Å². The summed E-state index contributed by atoms with van der Waals surface area (Å²) in [4.78, 5) is 24.7. The Kier molecular flexibility index (Phi) is 4.95. The second-order valence-corrected chi connectivity index (χ2v) is 4.30. The SMILES string of the molecule is CCC(CC)N(C)C(=O)Cn1cccc1C(=O)O. The molecule has 100 valence electrons. The zero-order valence-electron chi connectivity index (χ0n) is 11.1. The van der Waals surface area contributed by atoms with Crippen LogP contribution in [0, 0.1) is 0 Å². The minimum atomic E-state index is -1.02. The van der Waals surface area contributed by atoms with Crippen LogP contribution in [0.2, 0.25) is 0 Å². The molecule has 1 aromatic heterocycles. The van der Waals surface area contributed by atoms with Gasteiger partial charge in [0.15, 0.2) is 0 Å². The Morgan fingerprint density at radius 3 is 2.50 bits per heavy atom. The van der Waals surface area contributed by atoms with Gasteiger partial charge in [-0.3, -0.25) is 4.79 Å². The number of aromatic nitrogens is 1. The molecule has 0 bridgehead atoms. The Labute approximate surface area is 107 Å². The van der Waals surface area contributed by atoms with Crippen molar-refractivity contribution in [3.05, 3.63) is 24.0 Å². The molecule has 0 aromatic carbocycles. The van der Waals surface area contributed by atoms with Crippen molar-refractivity contribution >= 4 is 11.9 Å². The molecule has 0 spiro atoms. The summed E-state index contributed by atoms with van der Waals surface area (Å²) in [5, 5.41) is 8.96. The Balaban J connectivity index is 2.75. The third kappa shape index (κ3) is 3.12. The van der Waals surface area contributed by atoms with Crippen molar-refractivity contribution in [2.45, 2.75) is 39.3 Å². The summed E-state index contributed by atoms with van der Waals surface area (Å²) in [7, 11) is 1.77. The number of likely N-dealkylation sites (N-methyl/N-ethyl adjacent to an activating group) is 1. The number of carboxylic acid groups (broad SMARTS) is 1. The molecule has 1 rings (SSSR count). The van der Waals surface area contributed by atoms with E-state index in [4.69, 9.17) is 5.11 Å². The van der Waals surface area contributed by atoms with E-state index in [1.165, 1.54) is 10.6 Å². The van der Waals surface area contributed by atoms with Gasteiger partial charge in [0.25, 0.3) is 0 Å². The molecule has 1 aromatic rings. The molecule has 0 saturated heterocycles. The van der Waals surface area contributed by atoms with Gasteiger partial charge in [-0.15, -0.1) is 0 Å². The highest BCUT2D eigenvalue weighted by molar-refractivity contribution is 5.86. The number of aromatic carboxylic acids is 1. The zero-order valence-corrected chi connectivity index (χ0v) is 11.1. The van der Waals surface area contributed by atoms with Crippen LogP contribution >= 0.6 is 0 Å². The summed E-state index contributed by atoms with van der Waals surface area (Å²) in [5.41, 5.74) is 0.140. The molecule has 0 saturated carbocycles. The van der Waals surface area contributed by atoms with E-state index in [1.807, 2.05) is 13.8 Å². The van der Waals surface area contributed by atoms with Crippen LogP contribution in [0.4, 0.5) is 0 Å². The van der Waals surface area contributed by atoms with Crippen LogP contribution in [0.1, 0.15) is 37.2 Å². The van der Waals surface area contributed by atoms with E-state index < -0.39 is 5.97 Å². The molecule has 0 aliphatic rings. The fourth-order valence-electron chi connectivity index (χ4n) is 2.04. The van der Waals surface area contributed by atoms with Crippen LogP contribution in [0.25, 0.3) is 0 Å². The second kappa shape index (κ2) is 6.23. The number of nitrogens with zero attached hydrogens (tertiary/aromatic N) is 2. The van der Waals surface area contributed by atoms with Gasteiger partial charge >= 0.3 is 5.97 Å². The summed E-state index contributed by atoms with van der Waals surface area (Å²) in [6.45, 7) is 4.15. The lowest BCUT2D eigenvalue weighted by atomic mass is 10.1. The van der Waals surface area contributed by atoms with Crippen LogP contribution in [0.5, 0.6) is 0 Å². The first-order valence-corrected chi connectivity index (χ1v) is 6.15. The molecule has 0 radical (unpaired) electrons. The number of hydrogen-bond donors (Lipinski definition) is 1. The number of amides is 1. The molecule has 0 unspecified atom stereocenters. The number of carboxylic acids is 1. The average molecular weight is 252 g/mol. The first-order valence-electron chi connectivity index (χ1n) is 6.15. The van der Waals surface area contributed by atoms with Crippen molar-refractivity contribution in [2.24, 2.45) is 0 Å². The minimum absolute atomic E-state index is 0.0672. The van der Waals surface area contributed by atoms with Crippen LogP contribution < -0.4 is 0 Å². The molecule has 1 N–H and O–H groups in total. The van der Waals surface area contributed by atoms with E-state index in [1.54, 1.807) is 24.2 Å². The summed E-state index contributed by atoms with van der Waals surface area (Å²) in [6.07, 6.45) is 3.41. The molecule has 1 heterocycles. The van der Waals surface area contributed by atoms with E-state index in [0.29, 0.717) is 0 Å². The Bertz CT molecular complexity index is 422. The van der Waals surface area contributed by atoms with Gasteiger partial charge in [-0.25, -0.2) is 4.79 Å². The highest BCUT2D eigenvalue weighted by atomic mass is 16.4. The largest absolute Gasteiger partial charge is 0.477 e. The molecule has 0 atom stereocenters. The fraction of sp³-hybridized carbons (Fsp3) is 0.538. The summed E-state index contributed by atoms with van der Waals surface area (Å²) in [6, 6.07) is 3.34. The molecular formula is C13H20N2O3. The van der Waals surface area contributed by atoms with E-state index >= 15 is 0 Å². The molecule has 5 heteroatoms. The van der Waals surface area contributed by atoms with Crippen LogP contribution in [-0.2, 0) is 11.3 Å². The standard InChI is InChI=1S/C13H20N2O3/c1-4-10(5-2)14(3)12(16)9-15-8-6-7-11(15)13(17)18/h6-8,10H,4-5,9H2,1-3H3,(H,17,18). The van der Waals surface area contributed by atoms with Crippen molar-refractivity contribution in [1.82, 2.24) is 9.47 Å². The molecule has 0 aliphatic heterocycles. The lowest BCUT2D eigenvalue weighted by Crippen LogP contribution is -2.38. The smallest absolute Gasteiger partial charge is 0.352 e. The van der Waals surface area contributed by atoms with Gasteiger partial charge in [-0.05, 0) is 25.0 Å². The monoisotopic (exact) mass is 252 g/mol. The maximum Gasteiger partial charge on any atom is 0.352 e. The topological polar surface area (TPSA) is 62.5 Å². The number of rotatable bonds is 6. The van der Waals surface area contributed by atoms with Crippen molar-refractivity contribution < 1.29 is 14.7 Å². The van der Waals surface area contributed by atoms with Gasteiger partial charge in [0.1, 0.15) is 12.2 Å². The predicted octanol–water partition coefficient (Wildman–Crippen LogP) is 1.83.